The minimum Gasteiger partial charge on any atom is -0.478 e. The number of carbonyl (C=O) groups is 3. The Kier molecular flexibility index (Phi) is 7.77. The maximum Gasteiger partial charge on any atom is 0.411 e. The number of amides is 1. The molecule has 0 bridgehead atoms. The number of anilines is 2. The lowest BCUT2D eigenvalue weighted by atomic mass is 10.1. The molecule has 12 nitrogen and oxygen atoms in total. The van der Waals surface area contributed by atoms with Crippen LogP contribution in [0.15, 0.2) is 30.5 Å². The summed E-state index contributed by atoms with van der Waals surface area (Å²) < 4.78 is 5.76. The summed E-state index contributed by atoms with van der Waals surface area (Å²) >= 11 is 5.95. The molecule has 2 saturated heterocycles. The van der Waals surface area contributed by atoms with Crippen LogP contribution < -0.4 is 9.80 Å². The predicted octanol–water partition coefficient (Wildman–Crippen LogP) is 2.66. The topological polar surface area (TPSA) is 149 Å². The van der Waals surface area contributed by atoms with Crippen LogP contribution in [0.1, 0.15) is 36.5 Å². The number of ether oxygens (including phenoxy) is 1. The van der Waals surface area contributed by atoms with E-state index in [0.717, 1.165) is 41.7 Å². The smallest absolute Gasteiger partial charge is 0.411 e. The predicted molar refractivity (Wildman–Crippen MR) is 134 cm³/mol. The Morgan fingerprint density at radius 3 is 2.35 bits per heavy atom. The number of halogens is 1. The van der Waals surface area contributed by atoms with E-state index < -0.39 is 11.9 Å². The van der Waals surface area contributed by atoms with Gasteiger partial charge in [-0.15, -0.1) is 0 Å². The van der Waals surface area contributed by atoms with Gasteiger partial charge >= 0.3 is 18.0 Å². The van der Waals surface area contributed by atoms with Crippen LogP contribution in [0.3, 0.4) is 0 Å². The highest BCUT2D eigenvalue weighted by Gasteiger charge is 2.39. The first-order valence-corrected chi connectivity index (χ1v) is 12.1. The van der Waals surface area contributed by atoms with Crippen molar-refractivity contribution in [2.45, 2.75) is 39.0 Å². The molecule has 37 heavy (non-hydrogen) atoms. The van der Waals surface area contributed by atoms with E-state index in [2.05, 4.69) is 24.8 Å². The van der Waals surface area contributed by atoms with Gasteiger partial charge in [-0.25, -0.2) is 29.3 Å². The van der Waals surface area contributed by atoms with Crippen molar-refractivity contribution in [2.24, 2.45) is 0 Å². The van der Waals surface area contributed by atoms with Crippen LogP contribution in [0.5, 0.6) is 0 Å². The van der Waals surface area contributed by atoms with Crippen molar-refractivity contribution in [3.63, 3.8) is 0 Å². The second kappa shape index (κ2) is 11.0. The summed E-state index contributed by atoms with van der Waals surface area (Å²) in [5.74, 6) is -0.788. The number of hydrogen-bond donors (Lipinski definition) is 2. The molecule has 0 unspecified atom stereocenters. The first kappa shape index (κ1) is 26.1. The number of pyridine rings is 1. The quantitative estimate of drug-likeness (QED) is 0.434. The summed E-state index contributed by atoms with van der Waals surface area (Å²) in [6, 6.07) is 3.63. The van der Waals surface area contributed by atoms with Crippen LogP contribution in [0, 0.1) is 6.92 Å². The van der Waals surface area contributed by atoms with Crippen molar-refractivity contribution in [3.8, 4) is 0 Å². The molecule has 3 aliphatic heterocycles. The van der Waals surface area contributed by atoms with Gasteiger partial charge in [0, 0.05) is 42.7 Å². The molecule has 2 N–H and O–H groups in total. The molecule has 5 rings (SSSR count). The van der Waals surface area contributed by atoms with Gasteiger partial charge in [0.15, 0.2) is 0 Å². The molecule has 1 amide bonds. The van der Waals surface area contributed by atoms with Crippen molar-refractivity contribution in [3.05, 3.63) is 52.7 Å². The maximum absolute atomic E-state index is 12.9. The Bertz CT molecular complexity index is 1210. The molecule has 5 heterocycles. The summed E-state index contributed by atoms with van der Waals surface area (Å²) in [6.07, 6.45) is 3.55. The van der Waals surface area contributed by atoms with Crippen LogP contribution in [0.25, 0.3) is 0 Å². The SMILES string of the molecule is Cc1nc2c(c(N3CCC3)n1)[C@@H](C)N(C(=O)OC1CN(c3ccnc(Cl)c3)C1)C2.O=C(O)/C=C/C(=O)O. The number of fused-ring (bicyclic) bond motifs is 1. The molecule has 2 fully saturated rings. The second-order valence-electron chi connectivity index (χ2n) is 8.86. The number of hydrogen-bond acceptors (Lipinski definition) is 9. The van der Waals surface area contributed by atoms with Gasteiger partial charge < -0.3 is 24.7 Å². The van der Waals surface area contributed by atoms with Crippen LogP contribution in [-0.4, -0.2) is 80.4 Å². The Labute approximate surface area is 218 Å². The van der Waals surface area contributed by atoms with Gasteiger partial charge in [0.2, 0.25) is 0 Å². The summed E-state index contributed by atoms with van der Waals surface area (Å²) in [5.41, 5.74) is 2.99. The highest BCUT2D eigenvalue weighted by molar-refractivity contribution is 6.29. The van der Waals surface area contributed by atoms with E-state index in [-0.39, 0.29) is 18.2 Å². The fourth-order valence-corrected chi connectivity index (χ4v) is 4.45. The number of aryl methyl sites for hydroxylation is 1. The van der Waals surface area contributed by atoms with Gasteiger partial charge in [0.25, 0.3) is 0 Å². The van der Waals surface area contributed by atoms with Crippen LogP contribution in [-0.2, 0) is 20.9 Å². The van der Waals surface area contributed by atoms with Gasteiger partial charge in [-0.05, 0) is 32.4 Å². The average Bonchev–Trinajstić information content (AvgIpc) is 3.10. The standard InChI is InChI=1S/C20H23ClN6O2.C4H4O4/c1-12-18-16(23-13(2)24-19(18)25-6-3-7-25)11-27(12)20(28)29-15-9-26(10-15)14-4-5-22-17(21)8-14;5-3(6)1-2-4(7)8/h4-5,8,12,15H,3,6-7,9-11H2,1-2H3;1-2H,(H,5,6)(H,7,8)/b;2-1+/t12-;/m1./s1. The number of carboxylic acids is 2. The lowest BCUT2D eigenvalue weighted by molar-refractivity contribution is -0.134. The van der Waals surface area contributed by atoms with E-state index in [1.807, 2.05) is 26.0 Å². The van der Waals surface area contributed by atoms with Gasteiger partial charge in [-0.2, -0.15) is 0 Å². The maximum atomic E-state index is 12.9. The number of aromatic nitrogens is 3. The fraction of sp³-hybridized carbons (Fsp3) is 0.417. The number of carbonyl (C=O) groups excluding carboxylic acids is 1. The monoisotopic (exact) mass is 530 g/mol. The molecular formula is C24H27ClN6O6. The van der Waals surface area contributed by atoms with Crippen molar-refractivity contribution in [2.75, 3.05) is 36.0 Å². The summed E-state index contributed by atoms with van der Waals surface area (Å²) in [5, 5.41) is 16.1. The normalized spacial score (nSPS) is 18.5. The lowest BCUT2D eigenvalue weighted by Crippen LogP contribution is -2.54. The van der Waals surface area contributed by atoms with E-state index in [9.17, 15) is 14.4 Å². The fourth-order valence-electron chi connectivity index (χ4n) is 4.28. The molecule has 0 aliphatic carbocycles. The van der Waals surface area contributed by atoms with Gasteiger partial charge in [0.1, 0.15) is 22.9 Å². The van der Waals surface area contributed by atoms with Crippen molar-refractivity contribution >= 4 is 41.1 Å². The van der Waals surface area contributed by atoms with Gasteiger partial charge in [-0.3, -0.25) is 4.90 Å². The first-order valence-electron chi connectivity index (χ1n) is 11.7. The molecule has 2 aromatic rings. The van der Waals surface area contributed by atoms with Crippen LogP contribution >= 0.6 is 11.6 Å². The van der Waals surface area contributed by atoms with Crippen LogP contribution in [0.2, 0.25) is 5.15 Å². The lowest BCUT2D eigenvalue weighted by Gasteiger charge is -2.40. The molecule has 0 saturated carbocycles. The highest BCUT2D eigenvalue weighted by atomic mass is 35.5. The molecule has 2 aromatic heterocycles. The number of aliphatic carboxylic acids is 2. The first-order chi connectivity index (χ1) is 17.6. The molecule has 0 spiro atoms. The third kappa shape index (κ3) is 6.08. The number of nitrogens with zero attached hydrogens (tertiary/aromatic N) is 6. The molecule has 13 heteroatoms. The third-order valence-electron chi connectivity index (χ3n) is 6.27. The Morgan fingerprint density at radius 2 is 1.78 bits per heavy atom. The van der Waals surface area contributed by atoms with Gasteiger partial charge in [-0.1, -0.05) is 11.6 Å². The summed E-state index contributed by atoms with van der Waals surface area (Å²) in [6.45, 7) is 7.73. The molecule has 1 atom stereocenters. The zero-order valence-corrected chi connectivity index (χ0v) is 21.1. The zero-order valence-electron chi connectivity index (χ0n) is 20.4. The minimum absolute atomic E-state index is 0.0936. The molecule has 3 aliphatic rings. The summed E-state index contributed by atoms with van der Waals surface area (Å²) in [7, 11) is 0. The Hall–Kier alpha value is -3.93. The van der Waals surface area contributed by atoms with Crippen LogP contribution in [0.4, 0.5) is 16.3 Å². The van der Waals surface area contributed by atoms with Crippen molar-refractivity contribution in [1.29, 1.82) is 0 Å². The van der Waals surface area contributed by atoms with E-state index in [1.165, 1.54) is 6.42 Å². The largest absolute Gasteiger partial charge is 0.478 e. The second-order valence-corrected chi connectivity index (χ2v) is 9.24. The van der Waals surface area contributed by atoms with Crippen molar-refractivity contribution in [1.82, 2.24) is 19.9 Å². The molecule has 0 aromatic carbocycles. The van der Waals surface area contributed by atoms with E-state index in [4.69, 9.17) is 26.6 Å². The number of carboxylic acid groups (broad SMARTS) is 2. The van der Waals surface area contributed by atoms with Gasteiger partial charge in [0.05, 0.1) is 31.4 Å². The van der Waals surface area contributed by atoms with E-state index in [0.29, 0.717) is 36.9 Å². The Balaban J connectivity index is 0.000000349. The highest BCUT2D eigenvalue weighted by Crippen LogP contribution is 2.39. The summed E-state index contributed by atoms with van der Waals surface area (Å²) in [4.78, 5) is 51.4. The zero-order chi connectivity index (χ0) is 26.7. The average molecular weight is 531 g/mol. The molecule has 0 radical (unpaired) electrons. The minimum atomic E-state index is -1.26. The number of rotatable bonds is 5. The van der Waals surface area contributed by atoms with E-state index >= 15 is 0 Å². The third-order valence-corrected chi connectivity index (χ3v) is 6.48. The molecule has 196 valence electrons. The van der Waals surface area contributed by atoms with Crippen molar-refractivity contribution < 1.29 is 29.3 Å². The Morgan fingerprint density at radius 1 is 1.11 bits per heavy atom. The van der Waals surface area contributed by atoms with E-state index in [1.54, 1.807) is 11.1 Å². The molecular weight excluding hydrogens is 504 g/mol.